The first-order chi connectivity index (χ1) is 69.4. The molecule has 8 heterocycles. The van der Waals surface area contributed by atoms with E-state index < -0.39 is 11.2 Å². The van der Waals surface area contributed by atoms with Gasteiger partial charge in [0.2, 0.25) is 0 Å². The van der Waals surface area contributed by atoms with Crippen molar-refractivity contribution in [2.75, 3.05) is 0 Å². The Bertz CT molecular complexity index is 5380. The number of allylic oxidation sites excluding steroid dienone is 5. The van der Waals surface area contributed by atoms with Crippen LogP contribution < -0.4 is 9.47 Å². The number of benzene rings is 3. The van der Waals surface area contributed by atoms with Crippen molar-refractivity contribution in [3.63, 3.8) is 0 Å². The summed E-state index contributed by atoms with van der Waals surface area (Å²) in [5, 5.41) is 21.3. The minimum absolute atomic E-state index is 0.0784. The van der Waals surface area contributed by atoms with Gasteiger partial charge in [-0.1, -0.05) is 437 Å². The van der Waals surface area contributed by atoms with E-state index in [0.717, 1.165) is 206 Å². The number of ketones is 2. The molecule has 0 atom stereocenters. The van der Waals surface area contributed by atoms with Gasteiger partial charge in [-0.15, -0.1) is 45.3 Å². The van der Waals surface area contributed by atoms with Crippen molar-refractivity contribution in [3.05, 3.63) is 173 Å². The third-order valence-corrected chi connectivity index (χ3v) is 35.8. The Kier molecular flexibility index (Phi) is 46.1. The molecule has 0 fully saturated rings. The lowest BCUT2D eigenvalue weighted by atomic mass is 9.81. The number of carbonyl (C=O) groups is 2. The zero-order valence-electron chi connectivity index (χ0n) is 87.0. The van der Waals surface area contributed by atoms with Gasteiger partial charge in [-0.05, 0) is 125 Å². The van der Waals surface area contributed by atoms with Crippen LogP contribution in [0.25, 0.3) is 95.4 Å². The Balaban J connectivity index is 1.01. The lowest BCUT2D eigenvalue weighted by Crippen LogP contribution is -2.35. The molecular weight excluding hydrogens is 1830 g/mol. The zero-order chi connectivity index (χ0) is 98.7. The SMILES string of the molecule is [C-]#[N+]C([N+]#[C-])=C1/C(=C/c2cc3c(s2)-c2sc(-c4c5nsnc5c(-c5cc6c(s5)-c5sc(/C=C7\C(=O)c8ccccc8C7=C(C#N)C#N)cc5OC6(CCCCCCCCCCCC)CCCCCCCCCCCC)c5nc(CCCCCCCCCCCC)c(CCCCCCCCCCCC)nc45)cc2C(CCCCCCCCCCCC)(CCCCCCCCCCCC)O3)C(=O)c2ccccc21. The maximum Gasteiger partial charge on any atom is 0.528 e. The predicted molar refractivity (Wildman–Crippen MR) is 601 cm³/mol. The molecule has 3 aromatic carbocycles. The van der Waals surface area contributed by atoms with Crippen molar-refractivity contribution in [2.24, 2.45) is 0 Å². The van der Waals surface area contributed by atoms with Gasteiger partial charge in [0.25, 0.3) is 0 Å². The van der Waals surface area contributed by atoms with E-state index in [4.69, 9.17) is 41.3 Å². The quantitative estimate of drug-likeness (QED) is 0.0155. The van der Waals surface area contributed by atoms with Crippen LogP contribution in [0.3, 0.4) is 0 Å². The number of hydrogen-bond donors (Lipinski definition) is 0. The number of ether oxygens (including phenoxy) is 2. The standard InChI is InChI=1S/C124H164N8O4S5/c1-9-15-21-27-33-39-45-51-57-63-77-102-103(78-64-58-52-46-40-34-28-22-16-10-2)130-113-111(107-88-101-119(140-107)121-105(86-93(138-121)84-99-109(122(127-7)128-8)95-74-66-68-76-97(95)117(99)134)136-124(101,81-71-61-55-49-43-37-31-25-19-13-5)82-72-62-56-50-44-38-32-26-20-14-6)115-114(131-141-132-115)110(112(113)129-102)106-87-100-118(139-106)120-104(85-92(137-120)83-98-108(91(89-125)90-126)94-73-65-67-75-96(94)116(98)133)135-123(100,79-69-59-53-47-41-35-29-23-17-11-3)80-70-60-54-48-42-36-30-24-18-12-4/h65-68,73-76,83-88H,9-64,69-72,77-82H2,1-6H3/b98-83-,99-84-. The second-order valence-electron chi connectivity index (χ2n) is 41.5. The van der Waals surface area contributed by atoms with Crippen LogP contribution in [0.5, 0.6) is 11.5 Å². The van der Waals surface area contributed by atoms with Crippen LogP contribution in [0.4, 0.5) is 0 Å². The molecule has 9 aromatic rings. The van der Waals surface area contributed by atoms with Crippen molar-refractivity contribution in [2.45, 2.75) is 477 Å². The van der Waals surface area contributed by atoms with Gasteiger partial charge in [0, 0.05) is 69.6 Å². The van der Waals surface area contributed by atoms with E-state index in [0.29, 0.717) is 44.5 Å². The summed E-state index contributed by atoms with van der Waals surface area (Å²) >= 11 is 8.21. The highest BCUT2D eigenvalue weighted by Gasteiger charge is 2.47. The summed E-state index contributed by atoms with van der Waals surface area (Å²) in [6, 6.07) is 28.5. The molecule has 2 aliphatic carbocycles. The van der Waals surface area contributed by atoms with Gasteiger partial charge in [0.05, 0.1) is 48.2 Å². The van der Waals surface area contributed by atoms with Crippen molar-refractivity contribution >= 4 is 114 Å². The van der Waals surface area contributed by atoms with Crippen LogP contribution in [0.2, 0.25) is 0 Å². The van der Waals surface area contributed by atoms with Crippen LogP contribution in [0.15, 0.2) is 95.3 Å². The van der Waals surface area contributed by atoms with E-state index in [2.05, 4.69) is 87.6 Å². The molecule has 4 aliphatic rings. The number of Topliss-reactive ketones (excluding diaryl/α,β-unsaturated/α-hetero) is 2. The van der Waals surface area contributed by atoms with Gasteiger partial charge in [0.15, 0.2) is 11.6 Å². The largest absolute Gasteiger partial charge is 0.528 e. The fraction of sp³-hybridized carbons (Fsp3) is 0.597. The van der Waals surface area contributed by atoms with Gasteiger partial charge < -0.3 is 9.47 Å². The first-order valence-corrected chi connectivity index (χ1v) is 60.6. The monoisotopic (exact) mass is 1990 g/mol. The normalized spacial score (nSPS) is 14.3. The third-order valence-electron chi connectivity index (χ3n) is 30.5. The molecule has 754 valence electrons. The van der Waals surface area contributed by atoms with E-state index in [-0.39, 0.29) is 23.0 Å². The summed E-state index contributed by atoms with van der Waals surface area (Å²) in [6.07, 6.45) is 82.8. The molecule has 6 aromatic heterocycles. The van der Waals surface area contributed by atoms with Crippen LogP contribution in [0.1, 0.15) is 517 Å². The zero-order valence-corrected chi connectivity index (χ0v) is 91.1. The first-order valence-electron chi connectivity index (χ1n) is 56.6. The Morgan fingerprint density at radius 2 is 0.624 bits per heavy atom. The Labute approximate surface area is 868 Å². The Morgan fingerprint density at radius 3 is 0.922 bits per heavy atom. The van der Waals surface area contributed by atoms with Crippen LogP contribution in [-0.4, -0.2) is 30.3 Å². The van der Waals surface area contributed by atoms with E-state index in [1.165, 1.54) is 336 Å². The molecule has 141 heavy (non-hydrogen) atoms. The van der Waals surface area contributed by atoms with Crippen LogP contribution in [-0.2, 0) is 24.0 Å². The lowest BCUT2D eigenvalue weighted by molar-refractivity contribution is 0.0395. The maximum absolute atomic E-state index is 14.9. The second kappa shape index (κ2) is 59.2. The Morgan fingerprint density at radius 1 is 0.348 bits per heavy atom. The highest BCUT2D eigenvalue weighted by atomic mass is 32.1. The number of fused-ring (bicyclic) bond motifs is 10. The van der Waals surface area contributed by atoms with E-state index in [1.54, 1.807) is 22.7 Å². The number of unbranched alkanes of at least 4 members (excludes halogenated alkanes) is 54. The fourth-order valence-corrected chi connectivity index (χ4v) is 28.0. The smallest absolute Gasteiger partial charge is 0.481 e. The van der Waals surface area contributed by atoms with Gasteiger partial charge >= 0.3 is 5.82 Å². The average molecular weight is 1990 g/mol. The highest BCUT2D eigenvalue weighted by molar-refractivity contribution is 7.25. The summed E-state index contributed by atoms with van der Waals surface area (Å²) in [5.74, 6) is 1.14. The number of nitrogens with zero attached hydrogens (tertiary/aromatic N) is 8. The molecule has 0 unspecified atom stereocenters. The van der Waals surface area contributed by atoms with Crippen molar-refractivity contribution in [1.29, 1.82) is 10.5 Å². The van der Waals surface area contributed by atoms with Crippen LogP contribution >= 0.6 is 57.1 Å². The van der Waals surface area contributed by atoms with E-state index >= 15 is 0 Å². The Hall–Kier alpha value is -8.52. The molecule has 0 saturated carbocycles. The minimum atomic E-state index is -0.704. The molecule has 0 amide bonds. The number of aromatic nitrogens is 4. The molecule has 0 N–H and O–H groups in total. The fourth-order valence-electron chi connectivity index (χ4n) is 22.5. The van der Waals surface area contributed by atoms with Crippen molar-refractivity contribution in [3.8, 4) is 64.0 Å². The molecule has 13 rings (SSSR count). The highest BCUT2D eigenvalue weighted by Crippen LogP contribution is 2.62. The summed E-state index contributed by atoms with van der Waals surface area (Å²) in [4.78, 5) is 58.2. The van der Waals surface area contributed by atoms with Gasteiger partial charge in [-0.3, -0.25) is 9.59 Å². The molecule has 0 radical (unpaired) electrons. The van der Waals surface area contributed by atoms with Crippen molar-refractivity contribution in [1.82, 2.24) is 18.7 Å². The summed E-state index contributed by atoms with van der Waals surface area (Å²) in [7, 11) is 0. The molecule has 2 aliphatic heterocycles. The lowest BCUT2D eigenvalue weighted by Gasteiger charge is -2.38. The average Bonchev–Trinajstić information content (AvgIpc) is 1.55. The molecule has 0 bridgehead atoms. The van der Waals surface area contributed by atoms with Gasteiger partial charge in [-0.2, -0.15) is 29.0 Å². The number of thiophene rings is 4. The third kappa shape index (κ3) is 29.5. The number of rotatable bonds is 70. The molecule has 0 saturated heterocycles. The molecule has 0 spiro atoms. The van der Waals surface area contributed by atoms with Gasteiger partial charge in [-0.25, -0.2) is 9.97 Å². The maximum atomic E-state index is 14.9. The van der Waals surface area contributed by atoms with Crippen molar-refractivity contribution < 1.29 is 19.1 Å². The van der Waals surface area contributed by atoms with E-state index in [1.807, 2.05) is 83.4 Å². The van der Waals surface area contributed by atoms with E-state index in [9.17, 15) is 20.1 Å². The summed E-state index contributed by atoms with van der Waals surface area (Å²) in [6.45, 7) is 30.4. The van der Waals surface area contributed by atoms with Gasteiger partial charge in [0.1, 0.15) is 75.6 Å². The summed E-state index contributed by atoms with van der Waals surface area (Å²) in [5.41, 5.74) is 12.1. The molecule has 12 nitrogen and oxygen atoms in total. The second-order valence-corrected chi connectivity index (χ2v) is 46.3. The first kappa shape index (κ1) is 110. The summed E-state index contributed by atoms with van der Waals surface area (Å²) < 4.78 is 27.3. The number of carbonyl (C=O) groups excluding carboxylic acids is 2. The number of hydrogen-bond acceptors (Lipinski definition) is 15. The van der Waals surface area contributed by atoms with Crippen LogP contribution in [0, 0.1) is 35.8 Å². The molecular formula is C124H164N8O4S5. The topological polar surface area (TPSA) is 160 Å². The molecule has 17 heteroatoms. The number of aryl methyl sites for hydroxylation is 2. The minimum Gasteiger partial charge on any atom is -0.481 e. The number of nitriles is 2. The predicted octanol–water partition coefficient (Wildman–Crippen LogP) is 40.8.